The summed E-state index contributed by atoms with van der Waals surface area (Å²) >= 11 is 7.97. The number of benzene rings is 1. The summed E-state index contributed by atoms with van der Waals surface area (Å²) in [5.41, 5.74) is 1.29. The molecule has 2 aromatic rings. The zero-order chi connectivity index (χ0) is 16.6. The first kappa shape index (κ1) is 15.9. The van der Waals surface area contributed by atoms with Crippen molar-refractivity contribution in [2.45, 2.75) is 6.92 Å². The van der Waals surface area contributed by atoms with Crippen LogP contribution in [0.3, 0.4) is 0 Å². The number of carbonyl (C=O) groups excluding carboxylic acids is 2. The Kier molecular flexibility index (Phi) is 4.29. The number of carboxylic acids is 1. The van der Waals surface area contributed by atoms with Gasteiger partial charge in [-0.3, -0.25) is 9.69 Å². The molecule has 1 fully saturated rings. The van der Waals surface area contributed by atoms with Gasteiger partial charge in [0.15, 0.2) is 4.32 Å². The van der Waals surface area contributed by atoms with Crippen molar-refractivity contribution in [1.82, 2.24) is 4.98 Å². The van der Waals surface area contributed by atoms with Crippen molar-refractivity contribution in [3.63, 3.8) is 0 Å². The average molecular weight is 361 g/mol. The van der Waals surface area contributed by atoms with Crippen molar-refractivity contribution in [3.05, 3.63) is 50.8 Å². The fraction of sp³-hybridized carbons (Fsp3) is 0.0667. The first-order valence-electron chi connectivity index (χ1n) is 6.47. The van der Waals surface area contributed by atoms with Gasteiger partial charge in [-0.2, -0.15) is 0 Å². The van der Waals surface area contributed by atoms with Crippen molar-refractivity contribution in [3.8, 4) is 0 Å². The topological polar surface area (TPSA) is 73.3 Å². The van der Waals surface area contributed by atoms with Crippen LogP contribution in [0.15, 0.2) is 34.6 Å². The molecule has 0 spiro atoms. The smallest absolute Gasteiger partial charge is 0.270 e. The van der Waals surface area contributed by atoms with Crippen molar-refractivity contribution in [2.75, 3.05) is 4.90 Å². The molecule has 116 valence electrons. The Morgan fingerprint density at radius 1 is 1.35 bits per heavy atom. The number of thioether (sulfide) groups is 1. The lowest BCUT2D eigenvalue weighted by Gasteiger charge is -2.15. The number of hydrogen-bond acceptors (Lipinski definition) is 7. The number of anilines is 1. The average Bonchev–Trinajstić information content (AvgIpc) is 3.03. The predicted molar refractivity (Wildman–Crippen MR) is 93.3 cm³/mol. The third-order valence-electron chi connectivity index (χ3n) is 3.07. The molecular formula is C15H9N2O3S3-. The molecule has 1 aliphatic heterocycles. The van der Waals surface area contributed by atoms with E-state index in [1.165, 1.54) is 52.3 Å². The number of aromatic carboxylic acids is 1. The first-order chi connectivity index (χ1) is 11.0. The van der Waals surface area contributed by atoms with E-state index in [1.54, 1.807) is 6.08 Å². The van der Waals surface area contributed by atoms with E-state index in [-0.39, 0.29) is 11.5 Å². The molecule has 0 atom stereocenters. The Hall–Kier alpha value is -2.03. The Bertz CT molecular complexity index is 840. The van der Waals surface area contributed by atoms with Crippen LogP contribution in [0.4, 0.5) is 5.69 Å². The van der Waals surface area contributed by atoms with Gasteiger partial charge in [0.2, 0.25) is 0 Å². The Morgan fingerprint density at radius 2 is 2.04 bits per heavy atom. The molecule has 5 nitrogen and oxygen atoms in total. The monoisotopic (exact) mass is 361 g/mol. The maximum absolute atomic E-state index is 12.5. The molecule has 8 heteroatoms. The molecule has 1 aliphatic rings. The number of carbonyl (C=O) groups is 2. The number of nitrogens with zero attached hydrogens (tertiary/aromatic N) is 2. The Morgan fingerprint density at radius 3 is 2.61 bits per heavy atom. The lowest BCUT2D eigenvalue weighted by molar-refractivity contribution is -0.255. The lowest BCUT2D eigenvalue weighted by Crippen LogP contribution is -2.28. The van der Waals surface area contributed by atoms with Crippen molar-refractivity contribution < 1.29 is 14.7 Å². The van der Waals surface area contributed by atoms with Crippen LogP contribution in [-0.2, 0) is 4.79 Å². The maximum atomic E-state index is 12.5. The summed E-state index contributed by atoms with van der Waals surface area (Å²) in [6.07, 6.45) is 1.71. The van der Waals surface area contributed by atoms with E-state index in [4.69, 9.17) is 12.2 Å². The summed E-state index contributed by atoms with van der Waals surface area (Å²) in [5.74, 6) is -1.51. The zero-order valence-electron chi connectivity index (χ0n) is 11.8. The maximum Gasteiger partial charge on any atom is 0.270 e. The standard InChI is InChI=1S/C15H10N2O3S3/c1-8-16-10(7-22-8)6-12-13(18)17(15(21)23-12)11-4-2-9(3-5-11)14(19)20/h2-7H,1H3,(H,19,20)/p-1/b12-6-. The predicted octanol–water partition coefficient (Wildman–Crippen LogP) is 2.22. The fourth-order valence-electron chi connectivity index (χ4n) is 2.02. The molecule has 1 aromatic carbocycles. The van der Waals surface area contributed by atoms with Gasteiger partial charge in [0.1, 0.15) is 0 Å². The van der Waals surface area contributed by atoms with Gasteiger partial charge >= 0.3 is 0 Å². The number of hydrogen-bond donors (Lipinski definition) is 0. The quantitative estimate of drug-likeness (QED) is 0.616. The summed E-state index contributed by atoms with van der Waals surface area (Å²) in [6.45, 7) is 1.89. The summed E-state index contributed by atoms with van der Waals surface area (Å²) < 4.78 is 0.398. The van der Waals surface area contributed by atoms with Crippen LogP contribution in [0.25, 0.3) is 6.08 Å². The molecule has 0 bridgehead atoms. The van der Waals surface area contributed by atoms with Crippen LogP contribution in [0.5, 0.6) is 0 Å². The van der Waals surface area contributed by atoms with Gasteiger partial charge in [-0.25, -0.2) is 4.98 Å². The molecule has 2 heterocycles. The highest BCUT2D eigenvalue weighted by molar-refractivity contribution is 8.27. The van der Waals surface area contributed by atoms with Crippen molar-refractivity contribution in [2.24, 2.45) is 0 Å². The van der Waals surface area contributed by atoms with Gasteiger partial charge < -0.3 is 9.90 Å². The molecular weight excluding hydrogens is 352 g/mol. The van der Waals surface area contributed by atoms with E-state index in [2.05, 4.69) is 4.98 Å². The lowest BCUT2D eigenvalue weighted by atomic mass is 10.2. The van der Waals surface area contributed by atoms with Crippen molar-refractivity contribution >= 4 is 63.3 Å². The normalized spacial score (nSPS) is 16.4. The highest BCUT2D eigenvalue weighted by Gasteiger charge is 2.33. The van der Waals surface area contributed by atoms with Gasteiger partial charge in [-0.1, -0.05) is 36.1 Å². The fourth-order valence-corrected chi connectivity index (χ4v) is 3.87. The number of thiocarbonyl (C=S) groups is 1. The minimum absolute atomic E-state index is 0.0488. The van der Waals surface area contributed by atoms with E-state index in [1.807, 2.05) is 12.3 Å². The number of thiazole rings is 1. The molecule has 0 aliphatic carbocycles. The van der Waals surface area contributed by atoms with Crippen LogP contribution >= 0.6 is 35.3 Å². The molecule has 3 rings (SSSR count). The van der Waals surface area contributed by atoms with E-state index in [0.29, 0.717) is 14.9 Å². The van der Waals surface area contributed by atoms with Gasteiger partial charge in [0.05, 0.1) is 27.3 Å². The van der Waals surface area contributed by atoms with Crippen LogP contribution in [-0.4, -0.2) is 21.2 Å². The van der Waals surface area contributed by atoms with E-state index < -0.39 is 5.97 Å². The zero-order valence-corrected chi connectivity index (χ0v) is 14.3. The highest BCUT2D eigenvalue weighted by Crippen LogP contribution is 2.36. The van der Waals surface area contributed by atoms with Gasteiger partial charge in [0, 0.05) is 5.38 Å². The summed E-state index contributed by atoms with van der Waals surface area (Å²) in [6, 6.07) is 5.84. The van der Waals surface area contributed by atoms with Crippen LogP contribution < -0.4 is 10.0 Å². The number of amides is 1. The number of aromatic nitrogens is 1. The minimum Gasteiger partial charge on any atom is -0.545 e. The largest absolute Gasteiger partial charge is 0.545 e. The SMILES string of the molecule is Cc1nc(/C=C2\SC(=S)N(c3ccc(C(=O)[O-])cc3)C2=O)cs1. The molecule has 0 unspecified atom stereocenters. The minimum atomic E-state index is -1.26. The highest BCUT2D eigenvalue weighted by atomic mass is 32.2. The summed E-state index contributed by atoms with van der Waals surface area (Å²) in [5, 5.41) is 13.6. The second-order valence-corrected chi connectivity index (χ2v) is 7.38. The molecule has 1 saturated heterocycles. The third kappa shape index (κ3) is 3.19. The number of rotatable bonds is 3. The van der Waals surface area contributed by atoms with Crippen LogP contribution in [0.2, 0.25) is 0 Å². The Balaban J connectivity index is 1.89. The third-order valence-corrected chi connectivity index (χ3v) is 5.16. The Labute approximate surface area is 145 Å². The van der Waals surface area contributed by atoms with Gasteiger partial charge in [-0.15, -0.1) is 11.3 Å². The van der Waals surface area contributed by atoms with Gasteiger partial charge in [-0.05, 0) is 30.7 Å². The van der Waals surface area contributed by atoms with E-state index in [9.17, 15) is 14.7 Å². The first-order valence-corrected chi connectivity index (χ1v) is 8.57. The second kappa shape index (κ2) is 6.23. The van der Waals surface area contributed by atoms with Gasteiger partial charge in [0.25, 0.3) is 5.91 Å². The van der Waals surface area contributed by atoms with E-state index >= 15 is 0 Å². The molecule has 23 heavy (non-hydrogen) atoms. The van der Waals surface area contributed by atoms with Crippen LogP contribution in [0, 0.1) is 6.92 Å². The molecule has 1 aromatic heterocycles. The molecule has 0 radical (unpaired) electrons. The molecule has 0 N–H and O–H groups in total. The van der Waals surface area contributed by atoms with Crippen molar-refractivity contribution in [1.29, 1.82) is 0 Å². The number of aryl methyl sites for hydroxylation is 1. The summed E-state index contributed by atoms with van der Waals surface area (Å²) in [7, 11) is 0. The second-order valence-electron chi connectivity index (χ2n) is 4.64. The van der Waals surface area contributed by atoms with Crippen LogP contribution in [0.1, 0.15) is 21.1 Å². The number of carboxylic acid groups (broad SMARTS) is 1. The molecule has 1 amide bonds. The molecule has 0 saturated carbocycles. The van der Waals surface area contributed by atoms with E-state index in [0.717, 1.165) is 10.7 Å². The summed E-state index contributed by atoms with van der Waals surface area (Å²) in [4.78, 5) is 29.5.